The lowest BCUT2D eigenvalue weighted by atomic mass is 10.4. The smallest absolute Gasteiger partial charge is 0.273 e. The van der Waals surface area contributed by atoms with Gasteiger partial charge < -0.3 is 14.5 Å². The first kappa shape index (κ1) is 12.3. The second-order valence-electron chi connectivity index (χ2n) is 3.60. The maximum absolute atomic E-state index is 11.4. The summed E-state index contributed by atoms with van der Waals surface area (Å²) in [4.78, 5) is 11.4. The van der Waals surface area contributed by atoms with Crippen LogP contribution in [0.4, 0.5) is 0 Å². The third kappa shape index (κ3) is 3.70. The fourth-order valence-corrected chi connectivity index (χ4v) is 1.35. The molecule has 7 heteroatoms. The van der Waals surface area contributed by atoms with Crippen LogP contribution in [0.2, 0.25) is 0 Å². The van der Waals surface area contributed by atoms with Gasteiger partial charge in [0.25, 0.3) is 5.91 Å². The molecule has 0 saturated carbocycles. The first-order valence-corrected chi connectivity index (χ1v) is 5.60. The van der Waals surface area contributed by atoms with E-state index in [1.807, 2.05) is 12.1 Å². The van der Waals surface area contributed by atoms with Crippen molar-refractivity contribution >= 4 is 5.91 Å². The molecule has 96 valence electrons. The topological polar surface area (TPSA) is 93.0 Å². The van der Waals surface area contributed by atoms with Crippen molar-refractivity contribution in [2.24, 2.45) is 0 Å². The molecule has 0 aliphatic carbocycles. The Bertz CT molecular complexity index is 453. The Morgan fingerprint density at radius 3 is 3.22 bits per heavy atom. The number of aromatic nitrogens is 3. The number of hydrogen-bond acceptors (Lipinski definition) is 5. The number of amides is 1. The highest BCUT2D eigenvalue weighted by molar-refractivity contribution is 5.91. The van der Waals surface area contributed by atoms with Gasteiger partial charge in [0.05, 0.1) is 12.5 Å². The van der Waals surface area contributed by atoms with Crippen LogP contribution < -0.4 is 5.32 Å². The van der Waals surface area contributed by atoms with E-state index in [2.05, 4.69) is 20.7 Å². The number of nitrogens with zero attached hydrogens (tertiary/aromatic N) is 2. The van der Waals surface area contributed by atoms with Gasteiger partial charge >= 0.3 is 0 Å². The standard InChI is InChI=1S/C11H14N4O3/c16-11(10-7-13-15-14-10)12-4-2-5-17-8-9-3-1-6-18-9/h1,3,6-7H,2,4-5,8H2,(H,12,16)(H,13,14,15). The number of rotatable bonds is 7. The van der Waals surface area contributed by atoms with Gasteiger partial charge in [-0.2, -0.15) is 15.4 Å². The van der Waals surface area contributed by atoms with Gasteiger partial charge in [-0.05, 0) is 18.6 Å². The number of carbonyl (C=O) groups is 1. The average molecular weight is 250 g/mol. The van der Waals surface area contributed by atoms with Crippen LogP contribution >= 0.6 is 0 Å². The fraction of sp³-hybridized carbons (Fsp3) is 0.364. The minimum atomic E-state index is -0.241. The Morgan fingerprint density at radius 1 is 1.56 bits per heavy atom. The molecule has 0 radical (unpaired) electrons. The number of hydrogen-bond donors (Lipinski definition) is 2. The van der Waals surface area contributed by atoms with E-state index in [0.29, 0.717) is 19.8 Å². The number of H-pyrrole nitrogens is 1. The lowest BCUT2D eigenvalue weighted by molar-refractivity contribution is 0.0913. The number of ether oxygens (including phenoxy) is 1. The SMILES string of the molecule is O=C(NCCCOCc1ccco1)c1cn[nH]n1. The summed E-state index contributed by atoms with van der Waals surface area (Å²) in [5, 5.41) is 12.3. The quantitative estimate of drug-likeness (QED) is 0.707. The molecule has 1 amide bonds. The molecule has 0 aliphatic heterocycles. The fourth-order valence-electron chi connectivity index (χ4n) is 1.35. The van der Waals surface area contributed by atoms with Crippen LogP contribution in [0.5, 0.6) is 0 Å². The van der Waals surface area contributed by atoms with Gasteiger partial charge in [-0.15, -0.1) is 0 Å². The summed E-state index contributed by atoms with van der Waals surface area (Å²) < 4.78 is 10.5. The third-order valence-electron chi connectivity index (χ3n) is 2.22. The highest BCUT2D eigenvalue weighted by atomic mass is 16.5. The maximum Gasteiger partial charge on any atom is 0.273 e. The van der Waals surface area contributed by atoms with Crippen LogP contribution in [0.3, 0.4) is 0 Å². The van der Waals surface area contributed by atoms with Crippen LogP contribution in [0.1, 0.15) is 22.7 Å². The molecule has 0 aliphatic rings. The lowest BCUT2D eigenvalue weighted by Gasteiger charge is -2.03. The molecule has 18 heavy (non-hydrogen) atoms. The Labute approximate surface area is 104 Å². The molecular formula is C11H14N4O3. The van der Waals surface area contributed by atoms with E-state index in [-0.39, 0.29) is 11.6 Å². The summed E-state index contributed by atoms with van der Waals surface area (Å²) in [5.74, 6) is 0.552. The van der Waals surface area contributed by atoms with Crippen molar-refractivity contribution in [3.8, 4) is 0 Å². The largest absolute Gasteiger partial charge is 0.467 e. The van der Waals surface area contributed by atoms with Crippen LogP contribution in [-0.2, 0) is 11.3 Å². The summed E-state index contributed by atoms with van der Waals surface area (Å²) in [6, 6.07) is 3.67. The van der Waals surface area contributed by atoms with Crippen LogP contribution in [-0.4, -0.2) is 34.5 Å². The zero-order valence-corrected chi connectivity index (χ0v) is 9.76. The molecule has 0 atom stereocenters. The number of aromatic amines is 1. The molecular weight excluding hydrogens is 236 g/mol. The minimum Gasteiger partial charge on any atom is -0.467 e. The van der Waals surface area contributed by atoms with E-state index < -0.39 is 0 Å². The maximum atomic E-state index is 11.4. The molecule has 0 unspecified atom stereocenters. The van der Waals surface area contributed by atoms with E-state index in [1.54, 1.807) is 6.26 Å². The van der Waals surface area contributed by atoms with Crippen molar-refractivity contribution in [3.05, 3.63) is 36.0 Å². The van der Waals surface area contributed by atoms with Gasteiger partial charge in [-0.3, -0.25) is 4.79 Å². The van der Waals surface area contributed by atoms with Gasteiger partial charge in [0.1, 0.15) is 12.4 Å². The average Bonchev–Trinajstić information content (AvgIpc) is 3.05. The van der Waals surface area contributed by atoms with Gasteiger partial charge in [0.15, 0.2) is 5.69 Å². The van der Waals surface area contributed by atoms with Gasteiger partial charge in [-0.25, -0.2) is 0 Å². The molecule has 7 nitrogen and oxygen atoms in total. The van der Waals surface area contributed by atoms with E-state index in [0.717, 1.165) is 12.2 Å². The van der Waals surface area contributed by atoms with E-state index in [1.165, 1.54) is 6.20 Å². The molecule has 2 rings (SSSR count). The number of furan rings is 1. The van der Waals surface area contributed by atoms with Crippen LogP contribution in [0.25, 0.3) is 0 Å². The monoisotopic (exact) mass is 250 g/mol. The predicted molar refractivity (Wildman–Crippen MR) is 61.7 cm³/mol. The molecule has 0 aromatic carbocycles. The van der Waals surface area contributed by atoms with Crippen molar-refractivity contribution in [2.75, 3.05) is 13.2 Å². The normalized spacial score (nSPS) is 10.4. The van der Waals surface area contributed by atoms with Crippen LogP contribution in [0.15, 0.2) is 29.0 Å². The Hall–Kier alpha value is -2.15. The summed E-state index contributed by atoms with van der Waals surface area (Å²) >= 11 is 0. The molecule has 2 N–H and O–H groups in total. The molecule has 0 spiro atoms. The zero-order chi connectivity index (χ0) is 12.6. The Kier molecular flexibility index (Phi) is 4.48. The Morgan fingerprint density at radius 2 is 2.50 bits per heavy atom. The van der Waals surface area contributed by atoms with Crippen molar-refractivity contribution < 1.29 is 13.9 Å². The number of carbonyl (C=O) groups excluding carboxylic acids is 1. The van der Waals surface area contributed by atoms with Crippen molar-refractivity contribution in [3.63, 3.8) is 0 Å². The zero-order valence-electron chi connectivity index (χ0n) is 9.76. The summed E-state index contributed by atoms with van der Waals surface area (Å²) in [5.41, 5.74) is 0.284. The Balaban J connectivity index is 1.52. The second kappa shape index (κ2) is 6.55. The van der Waals surface area contributed by atoms with Crippen molar-refractivity contribution in [1.29, 1.82) is 0 Å². The highest BCUT2D eigenvalue weighted by Gasteiger charge is 2.06. The minimum absolute atomic E-state index is 0.241. The van der Waals surface area contributed by atoms with Gasteiger partial charge in [0.2, 0.25) is 0 Å². The third-order valence-corrected chi connectivity index (χ3v) is 2.22. The first-order valence-electron chi connectivity index (χ1n) is 5.60. The predicted octanol–water partition coefficient (Wildman–Crippen LogP) is 0.734. The van der Waals surface area contributed by atoms with E-state index in [4.69, 9.17) is 9.15 Å². The molecule has 2 heterocycles. The summed E-state index contributed by atoms with van der Waals surface area (Å²) in [6.45, 7) is 1.54. The molecule has 0 fully saturated rings. The molecule has 0 saturated heterocycles. The van der Waals surface area contributed by atoms with E-state index in [9.17, 15) is 4.79 Å². The van der Waals surface area contributed by atoms with Gasteiger partial charge in [0, 0.05) is 13.2 Å². The summed E-state index contributed by atoms with van der Waals surface area (Å²) in [7, 11) is 0. The molecule has 0 bridgehead atoms. The molecule has 2 aromatic heterocycles. The number of nitrogens with one attached hydrogen (secondary N) is 2. The lowest BCUT2D eigenvalue weighted by Crippen LogP contribution is -2.25. The van der Waals surface area contributed by atoms with Crippen molar-refractivity contribution in [2.45, 2.75) is 13.0 Å². The molecule has 2 aromatic rings. The van der Waals surface area contributed by atoms with Crippen LogP contribution in [0, 0.1) is 0 Å². The van der Waals surface area contributed by atoms with Crippen molar-refractivity contribution in [1.82, 2.24) is 20.7 Å². The van der Waals surface area contributed by atoms with E-state index >= 15 is 0 Å². The van der Waals surface area contributed by atoms with Gasteiger partial charge in [-0.1, -0.05) is 0 Å². The second-order valence-corrected chi connectivity index (χ2v) is 3.60. The highest BCUT2D eigenvalue weighted by Crippen LogP contribution is 2.01. The first-order chi connectivity index (χ1) is 8.86. The summed E-state index contributed by atoms with van der Waals surface area (Å²) in [6.07, 6.45) is 3.71.